The predicted molar refractivity (Wildman–Crippen MR) is 84.5 cm³/mol. The van der Waals surface area contributed by atoms with E-state index >= 15 is 0 Å². The molecule has 0 bridgehead atoms. The number of fused-ring (bicyclic) bond motifs is 1. The van der Waals surface area contributed by atoms with Gasteiger partial charge in [-0.25, -0.2) is 0 Å². The Bertz CT molecular complexity index is 611. The molecule has 3 rings (SSSR count). The first kappa shape index (κ1) is 13.1. The largest absolute Gasteiger partial charge is 0.396 e. The zero-order chi connectivity index (χ0) is 13.8. The van der Waals surface area contributed by atoms with Gasteiger partial charge in [0.25, 0.3) is 0 Å². The standard InChI is InChI=1S/C19H20O/c20-12-4-5-15-8-9-17-10-11-18(14-19(17)13-15)16-6-2-1-3-7-16/h1-3,6-9,13-14,20H,4-5,10-12H2. The quantitative estimate of drug-likeness (QED) is 0.881. The molecule has 0 aromatic heterocycles. The van der Waals surface area contributed by atoms with Crippen LogP contribution >= 0.6 is 0 Å². The summed E-state index contributed by atoms with van der Waals surface area (Å²) in [6.07, 6.45) is 6.37. The SMILES string of the molecule is OCCCc1ccc2c(c1)C=C(c1ccccc1)CC2. The fraction of sp³-hybridized carbons (Fsp3) is 0.263. The zero-order valence-corrected chi connectivity index (χ0v) is 11.7. The Morgan fingerprint density at radius 1 is 0.950 bits per heavy atom. The number of allylic oxidation sites excluding steroid dienone is 1. The highest BCUT2D eigenvalue weighted by Gasteiger charge is 2.12. The van der Waals surface area contributed by atoms with Crippen LogP contribution in [0.3, 0.4) is 0 Å². The van der Waals surface area contributed by atoms with Crippen LogP contribution < -0.4 is 0 Å². The Kier molecular flexibility index (Phi) is 3.98. The highest BCUT2D eigenvalue weighted by atomic mass is 16.2. The molecular formula is C19H20O. The summed E-state index contributed by atoms with van der Waals surface area (Å²) in [6, 6.07) is 17.4. The number of rotatable bonds is 4. The van der Waals surface area contributed by atoms with E-state index in [4.69, 9.17) is 5.11 Å². The molecule has 0 saturated heterocycles. The van der Waals surface area contributed by atoms with Crippen LogP contribution in [-0.2, 0) is 12.8 Å². The van der Waals surface area contributed by atoms with E-state index in [2.05, 4.69) is 54.6 Å². The van der Waals surface area contributed by atoms with Crippen molar-refractivity contribution >= 4 is 11.6 Å². The second kappa shape index (κ2) is 6.06. The Balaban J connectivity index is 1.90. The maximum absolute atomic E-state index is 8.94. The number of aliphatic hydroxyl groups is 1. The third-order valence-electron chi connectivity index (χ3n) is 3.97. The van der Waals surface area contributed by atoms with Crippen LogP contribution in [0.1, 0.15) is 35.1 Å². The maximum atomic E-state index is 8.94. The Labute approximate surface area is 120 Å². The van der Waals surface area contributed by atoms with Crippen molar-refractivity contribution in [1.29, 1.82) is 0 Å². The fourth-order valence-electron chi connectivity index (χ4n) is 2.85. The van der Waals surface area contributed by atoms with Crippen molar-refractivity contribution < 1.29 is 5.11 Å². The van der Waals surface area contributed by atoms with Crippen LogP contribution in [-0.4, -0.2) is 11.7 Å². The molecule has 0 amide bonds. The fourth-order valence-corrected chi connectivity index (χ4v) is 2.85. The summed E-state index contributed by atoms with van der Waals surface area (Å²) < 4.78 is 0. The van der Waals surface area contributed by atoms with Gasteiger partial charge >= 0.3 is 0 Å². The average molecular weight is 264 g/mol. The van der Waals surface area contributed by atoms with Gasteiger partial charge in [-0.2, -0.15) is 0 Å². The van der Waals surface area contributed by atoms with Crippen LogP contribution in [0.15, 0.2) is 48.5 Å². The lowest BCUT2D eigenvalue weighted by molar-refractivity contribution is 0.288. The Morgan fingerprint density at radius 3 is 2.60 bits per heavy atom. The smallest absolute Gasteiger partial charge is 0.0434 e. The van der Waals surface area contributed by atoms with Gasteiger partial charge in [-0.05, 0) is 53.5 Å². The first-order valence-electron chi connectivity index (χ1n) is 7.35. The summed E-state index contributed by atoms with van der Waals surface area (Å²) in [5.74, 6) is 0. The Hall–Kier alpha value is -1.86. The molecule has 2 aromatic carbocycles. The molecule has 0 saturated carbocycles. The molecule has 0 aliphatic heterocycles. The molecule has 102 valence electrons. The minimum Gasteiger partial charge on any atom is -0.396 e. The number of hydrogen-bond donors (Lipinski definition) is 1. The van der Waals surface area contributed by atoms with Crippen molar-refractivity contribution in [2.24, 2.45) is 0 Å². The number of benzene rings is 2. The van der Waals surface area contributed by atoms with Gasteiger partial charge in [0.15, 0.2) is 0 Å². The van der Waals surface area contributed by atoms with Crippen molar-refractivity contribution in [3.63, 3.8) is 0 Å². The van der Waals surface area contributed by atoms with Crippen LogP contribution in [0.4, 0.5) is 0 Å². The number of aryl methyl sites for hydroxylation is 2. The second-order valence-electron chi connectivity index (χ2n) is 5.40. The van der Waals surface area contributed by atoms with E-state index in [1.54, 1.807) is 0 Å². The third kappa shape index (κ3) is 2.83. The van der Waals surface area contributed by atoms with Crippen molar-refractivity contribution in [3.05, 3.63) is 70.8 Å². The van der Waals surface area contributed by atoms with Gasteiger partial charge < -0.3 is 5.11 Å². The molecule has 1 aliphatic rings. The van der Waals surface area contributed by atoms with E-state index in [1.807, 2.05) is 0 Å². The summed E-state index contributed by atoms with van der Waals surface area (Å²) in [5, 5.41) is 8.94. The molecule has 0 atom stereocenters. The summed E-state index contributed by atoms with van der Waals surface area (Å²) in [7, 11) is 0. The normalized spacial score (nSPS) is 13.8. The maximum Gasteiger partial charge on any atom is 0.0434 e. The third-order valence-corrected chi connectivity index (χ3v) is 3.97. The molecule has 0 spiro atoms. The van der Waals surface area contributed by atoms with E-state index in [0.717, 1.165) is 25.7 Å². The van der Waals surface area contributed by atoms with E-state index in [9.17, 15) is 0 Å². The molecule has 0 fully saturated rings. The van der Waals surface area contributed by atoms with E-state index in [1.165, 1.54) is 27.8 Å². The van der Waals surface area contributed by atoms with Crippen molar-refractivity contribution in [2.75, 3.05) is 6.61 Å². The Morgan fingerprint density at radius 2 is 1.80 bits per heavy atom. The van der Waals surface area contributed by atoms with Crippen LogP contribution in [0.2, 0.25) is 0 Å². The van der Waals surface area contributed by atoms with Crippen LogP contribution in [0, 0.1) is 0 Å². The molecule has 1 N–H and O–H groups in total. The van der Waals surface area contributed by atoms with Crippen molar-refractivity contribution in [1.82, 2.24) is 0 Å². The molecule has 0 unspecified atom stereocenters. The van der Waals surface area contributed by atoms with Gasteiger partial charge in [0.2, 0.25) is 0 Å². The van der Waals surface area contributed by atoms with Gasteiger partial charge in [-0.3, -0.25) is 0 Å². The highest BCUT2D eigenvalue weighted by molar-refractivity contribution is 5.84. The van der Waals surface area contributed by atoms with Gasteiger partial charge in [0.1, 0.15) is 0 Å². The number of hydrogen-bond acceptors (Lipinski definition) is 1. The molecule has 1 nitrogen and oxygen atoms in total. The summed E-state index contributed by atoms with van der Waals surface area (Å²) >= 11 is 0. The van der Waals surface area contributed by atoms with E-state index < -0.39 is 0 Å². The summed E-state index contributed by atoms with van der Waals surface area (Å²) in [5.41, 5.74) is 6.88. The van der Waals surface area contributed by atoms with Gasteiger partial charge in [0, 0.05) is 6.61 Å². The highest BCUT2D eigenvalue weighted by Crippen LogP contribution is 2.30. The van der Waals surface area contributed by atoms with Gasteiger partial charge in [-0.1, -0.05) is 54.6 Å². The van der Waals surface area contributed by atoms with Crippen molar-refractivity contribution in [2.45, 2.75) is 25.7 Å². The molecule has 0 radical (unpaired) electrons. The lowest BCUT2D eigenvalue weighted by Gasteiger charge is -2.18. The molecule has 2 aromatic rings. The van der Waals surface area contributed by atoms with E-state index in [0.29, 0.717) is 0 Å². The minimum absolute atomic E-state index is 0.266. The topological polar surface area (TPSA) is 20.2 Å². The first-order chi connectivity index (χ1) is 9.86. The minimum atomic E-state index is 0.266. The molecular weight excluding hydrogens is 244 g/mol. The van der Waals surface area contributed by atoms with Gasteiger partial charge in [-0.15, -0.1) is 0 Å². The summed E-state index contributed by atoms with van der Waals surface area (Å²) in [4.78, 5) is 0. The monoisotopic (exact) mass is 264 g/mol. The summed E-state index contributed by atoms with van der Waals surface area (Å²) in [6.45, 7) is 0.266. The van der Waals surface area contributed by atoms with Gasteiger partial charge in [0.05, 0.1) is 0 Å². The predicted octanol–water partition coefficient (Wildman–Crippen LogP) is 4.10. The van der Waals surface area contributed by atoms with Crippen LogP contribution in [0.5, 0.6) is 0 Å². The second-order valence-corrected chi connectivity index (χ2v) is 5.40. The average Bonchev–Trinajstić information content (AvgIpc) is 2.53. The first-order valence-corrected chi connectivity index (χ1v) is 7.35. The lowest BCUT2D eigenvalue weighted by atomic mass is 9.87. The van der Waals surface area contributed by atoms with Crippen LogP contribution in [0.25, 0.3) is 11.6 Å². The zero-order valence-electron chi connectivity index (χ0n) is 11.7. The van der Waals surface area contributed by atoms with E-state index in [-0.39, 0.29) is 6.61 Å². The van der Waals surface area contributed by atoms with Crippen molar-refractivity contribution in [3.8, 4) is 0 Å². The molecule has 1 aliphatic carbocycles. The number of aliphatic hydroxyl groups excluding tert-OH is 1. The molecule has 0 heterocycles. The molecule has 1 heteroatoms. The molecule has 20 heavy (non-hydrogen) atoms. The lowest BCUT2D eigenvalue weighted by Crippen LogP contribution is -2.00.